The normalized spacial score (nSPS) is 16.6. The van der Waals surface area contributed by atoms with Gasteiger partial charge in [0.2, 0.25) is 0 Å². The van der Waals surface area contributed by atoms with Crippen LogP contribution in [-0.2, 0) is 13.0 Å². The van der Waals surface area contributed by atoms with Crippen LogP contribution in [0.1, 0.15) is 17.5 Å². The van der Waals surface area contributed by atoms with E-state index in [1.165, 1.54) is 0 Å². The highest BCUT2D eigenvalue weighted by atomic mass is 35.5. The van der Waals surface area contributed by atoms with Crippen LogP contribution in [0.15, 0.2) is 33.5 Å². The van der Waals surface area contributed by atoms with Crippen molar-refractivity contribution in [2.75, 3.05) is 46.9 Å². The molecule has 0 unspecified atom stereocenters. The summed E-state index contributed by atoms with van der Waals surface area (Å²) in [5, 5.41) is 0.947. The summed E-state index contributed by atoms with van der Waals surface area (Å²) in [5.41, 5.74) is 2.18. The van der Waals surface area contributed by atoms with E-state index in [0.717, 1.165) is 62.1 Å². The molecule has 0 saturated heterocycles. The average molecular weight is 443 g/mol. The number of rotatable bonds is 5. The highest BCUT2D eigenvalue weighted by Crippen LogP contribution is 2.35. The van der Waals surface area contributed by atoms with Gasteiger partial charge in [-0.25, -0.2) is 4.79 Å². The molecule has 8 heteroatoms. The lowest BCUT2D eigenvalue weighted by Gasteiger charge is -2.31. The predicted molar refractivity (Wildman–Crippen MR) is 119 cm³/mol. The van der Waals surface area contributed by atoms with Gasteiger partial charge in [0.15, 0.2) is 11.5 Å². The van der Waals surface area contributed by atoms with Gasteiger partial charge < -0.3 is 13.9 Å². The van der Waals surface area contributed by atoms with E-state index < -0.39 is 0 Å². The zero-order valence-electron chi connectivity index (χ0n) is 16.8. The zero-order chi connectivity index (χ0) is 18.8. The summed E-state index contributed by atoms with van der Waals surface area (Å²) in [6.07, 6.45) is 6.45. The predicted octanol–water partition coefficient (Wildman–Crippen LogP) is 3.27. The summed E-state index contributed by atoms with van der Waals surface area (Å²) in [6, 6.07) is 3.66. The maximum atomic E-state index is 12.6. The van der Waals surface area contributed by atoms with E-state index in [9.17, 15) is 4.79 Å². The minimum Gasteiger partial charge on any atom is -0.493 e. The van der Waals surface area contributed by atoms with Gasteiger partial charge >= 0.3 is 5.63 Å². The molecule has 0 spiro atoms. The molecule has 3 heterocycles. The minimum atomic E-state index is -0.240. The Morgan fingerprint density at radius 3 is 2.38 bits per heavy atom. The number of halogens is 2. The lowest BCUT2D eigenvalue weighted by Crippen LogP contribution is -2.40. The molecule has 2 aliphatic heterocycles. The fourth-order valence-electron chi connectivity index (χ4n) is 4.01. The van der Waals surface area contributed by atoms with Crippen molar-refractivity contribution < 1.29 is 13.9 Å². The van der Waals surface area contributed by atoms with E-state index in [1.54, 1.807) is 20.3 Å². The molecule has 2 aromatic rings. The molecular formula is C21H28Cl2N2O4. The van der Waals surface area contributed by atoms with Crippen LogP contribution in [0.4, 0.5) is 0 Å². The molecular weight excluding hydrogens is 415 g/mol. The van der Waals surface area contributed by atoms with Gasteiger partial charge in [-0.05, 0) is 24.5 Å². The zero-order valence-corrected chi connectivity index (χ0v) is 18.4. The first-order chi connectivity index (χ1) is 13.2. The second-order valence-electron chi connectivity index (χ2n) is 7.14. The molecule has 0 N–H and O–H groups in total. The monoisotopic (exact) mass is 442 g/mol. The fourth-order valence-corrected chi connectivity index (χ4v) is 4.01. The number of nitrogens with zero attached hydrogens (tertiary/aromatic N) is 2. The van der Waals surface area contributed by atoms with Crippen molar-refractivity contribution in [2.45, 2.75) is 19.4 Å². The number of ether oxygens (including phenoxy) is 2. The van der Waals surface area contributed by atoms with Crippen LogP contribution in [-0.4, -0.2) is 56.7 Å². The van der Waals surface area contributed by atoms with E-state index in [4.69, 9.17) is 13.9 Å². The van der Waals surface area contributed by atoms with Crippen LogP contribution >= 0.6 is 24.8 Å². The summed E-state index contributed by atoms with van der Waals surface area (Å²) in [5.74, 6) is 1.22. The van der Waals surface area contributed by atoms with Crippen molar-refractivity contribution in [1.29, 1.82) is 0 Å². The number of fused-ring (bicyclic) bond motifs is 3. The smallest absolute Gasteiger partial charge is 0.341 e. The largest absolute Gasteiger partial charge is 0.493 e. The Morgan fingerprint density at radius 1 is 0.966 bits per heavy atom. The van der Waals surface area contributed by atoms with Crippen molar-refractivity contribution in [3.8, 4) is 11.5 Å². The van der Waals surface area contributed by atoms with Gasteiger partial charge in [-0.1, -0.05) is 12.2 Å². The lowest BCUT2D eigenvalue weighted by atomic mass is 9.97. The molecule has 0 fully saturated rings. The van der Waals surface area contributed by atoms with E-state index in [-0.39, 0.29) is 30.4 Å². The molecule has 4 rings (SSSR count). The van der Waals surface area contributed by atoms with E-state index in [0.29, 0.717) is 23.6 Å². The van der Waals surface area contributed by atoms with E-state index >= 15 is 0 Å². The number of benzene rings is 1. The van der Waals surface area contributed by atoms with Crippen LogP contribution in [0.2, 0.25) is 0 Å². The highest BCUT2D eigenvalue weighted by molar-refractivity contribution is 5.86. The molecule has 6 nitrogen and oxygen atoms in total. The lowest BCUT2D eigenvalue weighted by molar-refractivity contribution is 0.199. The molecule has 0 aliphatic carbocycles. The Labute approximate surface area is 183 Å². The molecule has 0 bridgehead atoms. The van der Waals surface area contributed by atoms with Gasteiger partial charge in [0.25, 0.3) is 0 Å². The second kappa shape index (κ2) is 10.3. The molecule has 1 aromatic heterocycles. The third-order valence-corrected chi connectivity index (χ3v) is 5.56. The van der Waals surface area contributed by atoms with Crippen LogP contribution in [0, 0.1) is 0 Å². The Kier molecular flexibility index (Phi) is 8.40. The Bertz CT molecular complexity index is 929. The second-order valence-corrected chi connectivity index (χ2v) is 7.14. The SMILES string of the molecule is COc1cc2oc(=O)c3c(c2cc1OC)CCN(CCN1CC=CCC1)C3.Cl.Cl. The highest BCUT2D eigenvalue weighted by Gasteiger charge is 2.24. The average Bonchev–Trinajstić information content (AvgIpc) is 2.72. The summed E-state index contributed by atoms with van der Waals surface area (Å²) in [7, 11) is 3.20. The van der Waals surface area contributed by atoms with Crippen molar-refractivity contribution in [2.24, 2.45) is 0 Å². The summed E-state index contributed by atoms with van der Waals surface area (Å²) >= 11 is 0. The maximum absolute atomic E-state index is 12.6. The van der Waals surface area contributed by atoms with Crippen molar-refractivity contribution in [3.63, 3.8) is 0 Å². The number of hydrogen-bond donors (Lipinski definition) is 0. The van der Waals surface area contributed by atoms with Gasteiger partial charge in [-0.15, -0.1) is 24.8 Å². The molecule has 0 saturated carbocycles. The molecule has 29 heavy (non-hydrogen) atoms. The van der Waals surface area contributed by atoms with Gasteiger partial charge in [0, 0.05) is 50.7 Å². The molecule has 160 valence electrons. The van der Waals surface area contributed by atoms with Crippen molar-refractivity contribution in [1.82, 2.24) is 9.80 Å². The number of hydrogen-bond acceptors (Lipinski definition) is 6. The Balaban J connectivity index is 0.00000150. The molecule has 2 aliphatic rings. The van der Waals surface area contributed by atoms with Gasteiger partial charge in [0.1, 0.15) is 5.58 Å². The Morgan fingerprint density at radius 2 is 1.69 bits per heavy atom. The molecule has 1 aromatic carbocycles. The number of methoxy groups -OCH3 is 2. The first-order valence-electron chi connectivity index (χ1n) is 9.50. The van der Waals surface area contributed by atoms with E-state index in [2.05, 4.69) is 22.0 Å². The maximum Gasteiger partial charge on any atom is 0.341 e. The van der Waals surface area contributed by atoms with Crippen LogP contribution in [0.5, 0.6) is 11.5 Å². The summed E-state index contributed by atoms with van der Waals surface area (Å²) in [4.78, 5) is 17.4. The molecule has 0 atom stereocenters. The topological polar surface area (TPSA) is 55.2 Å². The first-order valence-corrected chi connectivity index (χ1v) is 9.50. The van der Waals surface area contributed by atoms with E-state index in [1.807, 2.05) is 6.07 Å². The van der Waals surface area contributed by atoms with Gasteiger partial charge in [-0.2, -0.15) is 0 Å². The fraction of sp³-hybridized carbons (Fsp3) is 0.476. The summed E-state index contributed by atoms with van der Waals surface area (Å²) < 4.78 is 16.4. The minimum absolute atomic E-state index is 0. The van der Waals surface area contributed by atoms with Crippen molar-refractivity contribution >= 4 is 35.8 Å². The standard InChI is InChI=1S/C21H26N2O4.2ClH/c1-25-19-12-16-15-6-9-23(11-10-22-7-4-3-5-8-22)14-17(15)21(24)27-18(16)13-20(19)26-2;;/h3-4,12-13H,5-11,14H2,1-2H3;2*1H. The van der Waals surface area contributed by atoms with Crippen molar-refractivity contribution in [3.05, 3.63) is 45.8 Å². The third kappa shape index (κ3) is 4.89. The first kappa shape index (κ1) is 23.5. The van der Waals surface area contributed by atoms with Gasteiger partial charge in [-0.3, -0.25) is 9.80 Å². The molecule has 0 amide bonds. The Hall–Kier alpha value is -1.73. The van der Waals surface area contributed by atoms with Crippen LogP contribution in [0.3, 0.4) is 0 Å². The van der Waals surface area contributed by atoms with Gasteiger partial charge in [0.05, 0.1) is 19.8 Å². The summed E-state index contributed by atoms with van der Waals surface area (Å²) in [6.45, 7) is 5.74. The van der Waals surface area contributed by atoms with Crippen LogP contribution in [0.25, 0.3) is 11.0 Å². The quantitative estimate of drug-likeness (QED) is 0.523. The third-order valence-electron chi connectivity index (χ3n) is 5.56. The van der Waals surface area contributed by atoms with Crippen LogP contribution < -0.4 is 15.1 Å². The molecule has 0 radical (unpaired) electrons.